The summed E-state index contributed by atoms with van der Waals surface area (Å²) >= 11 is 0. The van der Waals surface area contributed by atoms with Crippen LogP contribution in [-0.4, -0.2) is 19.6 Å². The summed E-state index contributed by atoms with van der Waals surface area (Å²) in [6.07, 6.45) is 1.72. The third-order valence-electron chi connectivity index (χ3n) is 3.74. The zero-order valence-corrected chi connectivity index (χ0v) is 12.2. The lowest BCUT2D eigenvalue weighted by atomic mass is 10.0. The van der Waals surface area contributed by atoms with Crippen molar-refractivity contribution in [3.8, 4) is 17.2 Å². The second-order valence-electron chi connectivity index (χ2n) is 5.32. The number of benzene rings is 1. The summed E-state index contributed by atoms with van der Waals surface area (Å²) in [5.41, 5.74) is 3.78. The Hall–Kier alpha value is -3.46. The van der Waals surface area contributed by atoms with Gasteiger partial charge in [-0.05, 0) is 30.7 Å². The fraction of sp³-hybridized carbons (Fsp3) is 0.0588. The van der Waals surface area contributed by atoms with E-state index in [2.05, 4.69) is 21.1 Å². The van der Waals surface area contributed by atoms with Crippen molar-refractivity contribution in [2.24, 2.45) is 0 Å². The summed E-state index contributed by atoms with van der Waals surface area (Å²) in [6.45, 7) is 1.88. The highest BCUT2D eigenvalue weighted by Gasteiger charge is 2.10. The van der Waals surface area contributed by atoms with E-state index in [4.69, 9.17) is 5.26 Å². The average molecular weight is 301 g/mol. The molecule has 0 amide bonds. The van der Waals surface area contributed by atoms with Gasteiger partial charge in [0.25, 0.3) is 5.56 Å². The van der Waals surface area contributed by atoms with Crippen molar-refractivity contribution in [2.45, 2.75) is 6.92 Å². The van der Waals surface area contributed by atoms with Gasteiger partial charge in [0, 0.05) is 23.2 Å². The van der Waals surface area contributed by atoms with Crippen LogP contribution in [0.2, 0.25) is 0 Å². The lowest BCUT2D eigenvalue weighted by Gasteiger charge is -2.05. The molecule has 0 spiro atoms. The fourth-order valence-electron chi connectivity index (χ4n) is 2.63. The van der Waals surface area contributed by atoms with Gasteiger partial charge in [-0.2, -0.15) is 14.9 Å². The summed E-state index contributed by atoms with van der Waals surface area (Å²) in [5, 5.41) is 14.0. The third kappa shape index (κ3) is 2.07. The molecule has 3 aromatic heterocycles. The molecule has 6 heteroatoms. The number of rotatable bonds is 1. The van der Waals surface area contributed by atoms with Crippen molar-refractivity contribution in [1.29, 1.82) is 5.26 Å². The summed E-state index contributed by atoms with van der Waals surface area (Å²) in [5.74, 6) is 0. The molecule has 0 aliphatic carbocycles. The van der Waals surface area contributed by atoms with Crippen molar-refractivity contribution < 1.29 is 0 Å². The predicted molar refractivity (Wildman–Crippen MR) is 86.0 cm³/mol. The van der Waals surface area contributed by atoms with Gasteiger partial charge < -0.3 is 4.98 Å². The molecular formula is C17H11N5O. The van der Waals surface area contributed by atoms with Crippen molar-refractivity contribution in [3.63, 3.8) is 0 Å². The highest BCUT2D eigenvalue weighted by molar-refractivity contribution is 5.82. The second-order valence-corrected chi connectivity index (χ2v) is 5.32. The minimum atomic E-state index is -0.206. The number of hydrogen-bond donors (Lipinski definition) is 1. The molecule has 0 unspecified atom stereocenters. The van der Waals surface area contributed by atoms with E-state index in [1.165, 1.54) is 0 Å². The fourth-order valence-corrected chi connectivity index (χ4v) is 2.63. The molecule has 3 heterocycles. The van der Waals surface area contributed by atoms with E-state index in [9.17, 15) is 4.79 Å². The van der Waals surface area contributed by atoms with Crippen molar-refractivity contribution >= 4 is 16.7 Å². The number of aryl methyl sites for hydroxylation is 1. The first kappa shape index (κ1) is 13.2. The van der Waals surface area contributed by atoms with Gasteiger partial charge in [-0.1, -0.05) is 12.1 Å². The largest absolute Gasteiger partial charge is 0.306 e. The number of aromatic amines is 1. The first-order valence-corrected chi connectivity index (χ1v) is 7.05. The molecule has 0 saturated heterocycles. The van der Waals surface area contributed by atoms with Crippen molar-refractivity contribution in [1.82, 2.24) is 19.6 Å². The molecule has 1 aromatic carbocycles. The molecule has 0 bridgehead atoms. The van der Waals surface area contributed by atoms with Gasteiger partial charge >= 0.3 is 0 Å². The van der Waals surface area contributed by atoms with Gasteiger partial charge in [0.1, 0.15) is 5.65 Å². The SMILES string of the molecule is Cc1cc2ncc3cc(-c4ccc(C#N)cc4)c(=O)[nH]c3n2n1. The molecule has 4 rings (SSSR count). The van der Waals surface area contributed by atoms with E-state index in [1.54, 1.807) is 41.0 Å². The van der Waals surface area contributed by atoms with Gasteiger partial charge in [0.05, 0.1) is 17.3 Å². The van der Waals surface area contributed by atoms with E-state index in [1.807, 2.05) is 13.0 Å². The third-order valence-corrected chi connectivity index (χ3v) is 3.74. The normalized spacial score (nSPS) is 11.0. The van der Waals surface area contributed by atoms with Crippen LogP contribution in [0.4, 0.5) is 0 Å². The Morgan fingerprint density at radius 2 is 2.00 bits per heavy atom. The Balaban J connectivity index is 1.98. The Labute approximate surface area is 130 Å². The molecule has 0 aliphatic rings. The van der Waals surface area contributed by atoms with Crippen LogP contribution in [0.25, 0.3) is 27.8 Å². The maximum Gasteiger partial charge on any atom is 0.257 e. The van der Waals surface area contributed by atoms with Gasteiger partial charge in [-0.25, -0.2) is 4.98 Å². The molecule has 6 nitrogen and oxygen atoms in total. The van der Waals surface area contributed by atoms with E-state index in [0.717, 1.165) is 16.6 Å². The molecule has 0 saturated carbocycles. The Morgan fingerprint density at radius 1 is 1.22 bits per heavy atom. The Kier molecular flexibility index (Phi) is 2.75. The number of nitrogens with zero attached hydrogens (tertiary/aromatic N) is 4. The minimum Gasteiger partial charge on any atom is -0.306 e. The van der Waals surface area contributed by atoms with Gasteiger partial charge in [0.15, 0.2) is 5.65 Å². The van der Waals surface area contributed by atoms with Crippen LogP contribution in [0.1, 0.15) is 11.3 Å². The summed E-state index contributed by atoms with van der Waals surface area (Å²) < 4.78 is 1.63. The van der Waals surface area contributed by atoms with Crippen LogP contribution in [0.15, 0.2) is 47.4 Å². The van der Waals surface area contributed by atoms with Gasteiger partial charge in [0.2, 0.25) is 0 Å². The smallest absolute Gasteiger partial charge is 0.257 e. The first-order chi connectivity index (χ1) is 11.2. The van der Waals surface area contributed by atoms with Gasteiger partial charge in [-0.3, -0.25) is 4.79 Å². The van der Waals surface area contributed by atoms with Crippen LogP contribution >= 0.6 is 0 Å². The lowest BCUT2D eigenvalue weighted by Crippen LogP contribution is -2.11. The van der Waals surface area contributed by atoms with E-state index in [0.29, 0.717) is 22.4 Å². The van der Waals surface area contributed by atoms with Crippen LogP contribution in [0, 0.1) is 18.3 Å². The molecular weight excluding hydrogens is 290 g/mol. The predicted octanol–water partition coefficient (Wildman–Crippen LogP) is 2.42. The summed E-state index contributed by atoms with van der Waals surface area (Å²) in [6, 6.07) is 12.6. The summed E-state index contributed by atoms with van der Waals surface area (Å²) in [7, 11) is 0. The molecule has 0 aliphatic heterocycles. The highest BCUT2D eigenvalue weighted by atomic mass is 16.1. The van der Waals surface area contributed by atoms with Crippen LogP contribution in [0.3, 0.4) is 0 Å². The van der Waals surface area contributed by atoms with Gasteiger partial charge in [-0.15, -0.1) is 0 Å². The maximum absolute atomic E-state index is 12.5. The standard InChI is InChI=1S/C17H11N5O/c1-10-6-15-19-9-13-7-14(12-4-2-11(8-18)3-5-12)17(23)20-16(13)22(15)21-10/h2-7,9H,1H3,(H,20,23). The summed E-state index contributed by atoms with van der Waals surface area (Å²) in [4.78, 5) is 19.7. The maximum atomic E-state index is 12.5. The molecule has 0 radical (unpaired) electrons. The number of nitrogens with one attached hydrogen (secondary N) is 1. The van der Waals surface area contributed by atoms with Crippen LogP contribution in [0.5, 0.6) is 0 Å². The van der Waals surface area contributed by atoms with E-state index in [-0.39, 0.29) is 5.56 Å². The molecule has 1 N–H and O–H groups in total. The molecule has 0 fully saturated rings. The van der Waals surface area contributed by atoms with Crippen molar-refractivity contribution in [3.05, 3.63) is 64.2 Å². The number of H-pyrrole nitrogens is 1. The second kappa shape index (κ2) is 4.78. The minimum absolute atomic E-state index is 0.206. The zero-order valence-electron chi connectivity index (χ0n) is 12.2. The van der Waals surface area contributed by atoms with Crippen LogP contribution in [-0.2, 0) is 0 Å². The average Bonchev–Trinajstić information content (AvgIpc) is 2.95. The molecule has 110 valence electrons. The molecule has 0 atom stereocenters. The molecule has 4 aromatic rings. The molecule has 23 heavy (non-hydrogen) atoms. The number of pyridine rings is 1. The van der Waals surface area contributed by atoms with Crippen molar-refractivity contribution in [2.75, 3.05) is 0 Å². The quantitative estimate of drug-likeness (QED) is 0.585. The number of aromatic nitrogens is 4. The lowest BCUT2D eigenvalue weighted by molar-refractivity contribution is 0.936. The zero-order chi connectivity index (χ0) is 16.0. The monoisotopic (exact) mass is 301 g/mol. The van der Waals surface area contributed by atoms with Crippen LogP contribution < -0.4 is 5.56 Å². The highest BCUT2D eigenvalue weighted by Crippen LogP contribution is 2.20. The van der Waals surface area contributed by atoms with E-state index >= 15 is 0 Å². The topological polar surface area (TPSA) is 86.8 Å². The Bertz CT molecular complexity index is 1150. The number of hydrogen-bond acceptors (Lipinski definition) is 4. The number of fused-ring (bicyclic) bond motifs is 3. The number of nitriles is 1. The van der Waals surface area contributed by atoms with E-state index < -0.39 is 0 Å². The first-order valence-electron chi connectivity index (χ1n) is 7.05. The Morgan fingerprint density at radius 3 is 2.74 bits per heavy atom.